The van der Waals surface area contributed by atoms with Gasteiger partial charge in [-0.15, -0.1) is 0 Å². The molecule has 0 fully saturated rings. The largest absolute Gasteiger partial charge is 0.488 e. The highest BCUT2D eigenvalue weighted by Crippen LogP contribution is 2.23. The molecule has 0 aliphatic carbocycles. The molecule has 18 heavy (non-hydrogen) atoms. The van der Waals surface area contributed by atoms with Crippen LogP contribution in [-0.2, 0) is 6.61 Å². The van der Waals surface area contributed by atoms with E-state index < -0.39 is 0 Å². The third kappa shape index (κ3) is 3.34. The fourth-order valence-electron chi connectivity index (χ4n) is 1.50. The Hall–Kier alpha value is -1.31. The average molecular weight is 367 g/mol. The van der Waals surface area contributed by atoms with E-state index in [9.17, 15) is 0 Å². The number of hydrogen-bond donors (Lipinski definition) is 0. The lowest BCUT2D eigenvalue weighted by molar-refractivity contribution is 0.305. The summed E-state index contributed by atoms with van der Waals surface area (Å²) in [5.41, 5.74) is 1.58. The van der Waals surface area contributed by atoms with Crippen molar-refractivity contribution in [1.29, 1.82) is 5.26 Å². The number of rotatable bonds is 3. The second-order valence-corrected chi connectivity index (χ2v) is 5.50. The first-order chi connectivity index (χ1) is 8.69. The Morgan fingerprint density at radius 1 is 1.06 bits per heavy atom. The van der Waals surface area contributed by atoms with Crippen molar-refractivity contribution in [3.05, 3.63) is 62.5 Å². The van der Waals surface area contributed by atoms with Crippen LogP contribution in [0, 0.1) is 11.3 Å². The minimum Gasteiger partial charge on any atom is -0.488 e. The number of nitriles is 1. The van der Waals surface area contributed by atoms with E-state index in [1.165, 1.54) is 0 Å². The van der Waals surface area contributed by atoms with Crippen LogP contribution >= 0.6 is 31.9 Å². The third-order valence-corrected chi connectivity index (χ3v) is 3.33. The Morgan fingerprint density at radius 3 is 2.56 bits per heavy atom. The van der Waals surface area contributed by atoms with Crippen molar-refractivity contribution in [3.63, 3.8) is 0 Å². The van der Waals surface area contributed by atoms with Crippen LogP contribution in [0.25, 0.3) is 0 Å². The topological polar surface area (TPSA) is 33.0 Å². The molecule has 0 heterocycles. The fourth-order valence-corrected chi connectivity index (χ4v) is 2.31. The molecule has 0 N–H and O–H groups in total. The molecule has 0 amide bonds. The molecule has 2 aromatic carbocycles. The smallest absolute Gasteiger partial charge is 0.137 e. The van der Waals surface area contributed by atoms with Gasteiger partial charge >= 0.3 is 0 Å². The highest BCUT2D eigenvalue weighted by atomic mass is 79.9. The summed E-state index contributed by atoms with van der Waals surface area (Å²) < 4.78 is 7.54. The van der Waals surface area contributed by atoms with E-state index in [4.69, 9.17) is 10.00 Å². The van der Waals surface area contributed by atoms with Crippen molar-refractivity contribution in [2.45, 2.75) is 6.61 Å². The Labute approximate surface area is 122 Å². The van der Waals surface area contributed by atoms with E-state index in [2.05, 4.69) is 37.9 Å². The summed E-state index contributed by atoms with van der Waals surface area (Å²) >= 11 is 6.74. The first-order valence-corrected chi connectivity index (χ1v) is 6.84. The van der Waals surface area contributed by atoms with E-state index in [1.807, 2.05) is 30.3 Å². The van der Waals surface area contributed by atoms with Crippen molar-refractivity contribution >= 4 is 31.9 Å². The normalized spacial score (nSPS) is 9.83. The van der Waals surface area contributed by atoms with Crippen LogP contribution in [0.2, 0.25) is 0 Å². The first kappa shape index (κ1) is 13.1. The summed E-state index contributed by atoms with van der Waals surface area (Å²) in [6, 6.07) is 15.4. The monoisotopic (exact) mass is 365 g/mol. The van der Waals surface area contributed by atoms with Gasteiger partial charge in [0.2, 0.25) is 0 Å². The Kier molecular flexibility index (Phi) is 4.40. The molecule has 0 bridgehead atoms. The molecular weight excluding hydrogens is 358 g/mol. The molecule has 0 unspecified atom stereocenters. The Balaban J connectivity index is 2.14. The van der Waals surface area contributed by atoms with Crippen LogP contribution in [-0.4, -0.2) is 0 Å². The fraction of sp³-hybridized carbons (Fsp3) is 0.0714. The molecule has 0 aliphatic rings. The van der Waals surface area contributed by atoms with E-state index in [-0.39, 0.29) is 0 Å². The summed E-state index contributed by atoms with van der Waals surface area (Å²) in [6.07, 6.45) is 0. The van der Waals surface area contributed by atoms with Crippen molar-refractivity contribution in [1.82, 2.24) is 0 Å². The summed E-state index contributed by atoms with van der Waals surface area (Å²) in [7, 11) is 0. The van der Waals surface area contributed by atoms with Gasteiger partial charge < -0.3 is 4.74 Å². The van der Waals surface area contributed by atoms with Gasteiger partial charge in [0.1, 0.15) is 18.4 Å². The molecule has 2 nitrogen and oxygen atoms in total. The van der Waals surface area contributed by atoms with Gasteiger partial charge in [-0.3, -0.25) is 0 Å². The SMILES string of the molecule is N#Cc1cc(Br)ccc1OCc1cccc(Br)c1. The number of benzene rings is 2. The second-order valence-electron chi connectivity index (χ2n) is 3.67. The number of nitrogens with zero attached hydrogens (tertiary/aromatic N) is 1. The third-order valence-electron chi connectivity index (χ3n) is 2.35. The van der Waals surface area contributed by atoms with Crippen LogP contribution in [0.1, 0.15) is 11.1 Å². The number of hydrogen-bond acceptors (Lipinski definition) is 2. The van der Waals surface area contributed by atoms with Gasteiger partial charge in [0.05, 0.1) is 5.56 Å². The maximum Gasteiger partial charge on any atom is 0.137 e. The molecule has 0 saturated carbocycles. The zero-order chi connectivity index (χ0) is 13.0. The predicted molar refractivity (Wildman–Crippen MR) is 77.3 cm³/mol. The zero-order valence-electron chi connectivity index (χ0n) is 9.36. The summed E-state index contributed by atoms with van der Waals surface area (Å²) in [4.78, 5) is 0. The minimum atomic E-state index is 0.440. The molecule has 0 spiro atoms. The van der Waals surface area contributed by atoms with Crippen molar-refractivity contribution in [2.24, 2.45) is 0 Å². The zero-order valence-corrected chi connectivity index (χ0v) is 12.5. The second kappa shape index (κ2) is 6.03. The van der Waals surface area contributed by atoms with Crippen molar-refractivity contribution < 1.29 is 4.74 Å². The predicted octanol–water partition coefficient (Wildman–Crippen LogP) is 4.66. The van der Waals surface area contributed by atoms with Crippen LogP contribution in [0.5, 0.6) is 5.75 Å². The molecule has 2 aromatic rings. The van der Waals surface area contributed by atoms with Gasteiger partial charge in [0.25, 0.3) is 0 Å². The molecule has 2 rings (SSSR count). The molecule has 90 valence electrons. The Bertz CT molecular complexity index is 605. The van der Waals surface area contributed by atoms with Gasteiger partial charge in [0.15, 0.2) is 0 Å². The summed E-state index contributed by atoms with van der Waals surface area (Å²) in [5, 5.41) is 9.03. The van der Waals surface area contributed by atoms with Gasteiger partial charge in [-0.05, 0) is 35.9 Å². The lowest BCUT2D eigenvalue weighted by atomic mass is 10.2. The summed E-state index contributed by atoms with van der Waals surface area (Å²) in [6.45, 7) is 0.440. The van der Waals surface area contributed by atoms with Crippen molar-refractivity contribution in [3.8, 4) is 11.8 Å². The highest BCUT2D eigenvalue weighted by molar-refractivity contribution is 9.10. The average Bonchev–Trinajstić information content (AvgIpc) is 2.37. The lowest BCUT2D eigenvalue weighted by Crippen LogP contribution is -1.97. The summed E-state index contributed by atoms with van der Waals surface area (Å²) in [5.74, 6) is 0.598. The lowest BCUT2D eigenvalue weighted by Gasteiger charge is -2.08. The Morgan fingerprint density at radius 2 is 1.83 bits per heavy atom. The standard InChI is InChI=1S/C14H9Br2NO/c15-12-3-1-2-10(6-12)9-18-14-5-4-13(16)7-11(14)8-17/h1-7H,9H2. The molecule has 0 aromatic heterocycles. The van der Waals surface area contributed by atoms with Gasteiger partial charge in [0, 0.05) is 8.95 Å². The molecular formula is C14H9Br2NO. The minimum absolute atomic E-state index is 0.440. The van der Waals surface area contributed by atoms with Crippen molar-refractivity contribution in [2.75, 3.05) is 0 Å². The number of halogens is 2. The van der Waals surface area contributed by atoms with Crippen LogP contribution in [0.15, 0.2) is 51.4 Å². The van der Waals surface area contributed by atoms with E-state index in [0.717, 1.165) is 14.5 Å². The quantitative estimate of drug-likeness (QED) is 0.791. The van der Waals surface area contributed by atoms with Crippen LogP contribution < -0.4 is 4.74 Å². The van der Waals surface area contributed by atoms with Gasteiger partial charge in [-0.1, -0.05) is 44.0 Å². The maximum atomic E-state index is 9.03. The molecule has 4 heteroatoms. The molecule has 0 saturated heterocycles. The van der Waals surface area contributed by atoms with E-state index in [1.54, 1.807) is 12.1 Å². The number of ether oxygens (including phenoxy) is 1. The van der Waals surface area contributed by atoms with Gasteiger partial charge in [-0.2, -0.15) is 5.26 Å². The van der Waals surface area contributed by atoms with Crippen LogP contribution in [0.3, 0.4) is 0 Å². The molecule has 0 radical (unpaired) electrons. The molecule has 0 atom stereocenters. The first-order valence-electron chi connectivity index (χ1n) is 5.26. The van der Waals surface area contributed by atoms with Crippen LogP contribution in [0.4, 0.5) is 0 Å². The van der Waals surface area contributed by atoms with E-state index >= 15 is 0 Å². The van der Waals surface area contributed by atoms with E-state index in [0.29, 0.717) is 17.9 Å². The highest BCUT2D eigenvalue weighted by Gasteiger charge is 2.04. The molecule has 0 aliphatic heterocycles. The van der Waals surface area contributed by atoms with Gasteiger partial charge in [-0.25, -0.2) is 0 Å². The maximum absolute atomic E-state index is 9.03.